The molecule has 2 unspecified atom stereocenters. The second-order valence-corrected chi connectivity index (χ2v) is 7.94. The molecule has 7 nitrogen and oxygen atoms in total. The van der Waals surface area contributed by atoms with Gasteiger partial charge >= 0.3 is 7.12 Å². The zero-order valence-corrected chi connectivity index (χ0v) is 17.5. The second-order valence-electron chi connectivity index (χ2n) is 7.94. The number of anilines is 1. The Morgan fingerprint density at radius 2 is 2.23 bits per heavy atom. The first-order chi connectivity index (χ1) is 15.1. The summed E-state index contributed by atoms with van der Waals surface area (Å²) in [5.74, 6) is -0.520. The lowest BCUT2D eigenvalue weighted by Gasteiger charge is -2.20. The molecule has 1 aromatic carbocycles. The van der Waals surface area contributed by atoms with Gasteiger partial charge in [0, 0.05) is 61.7 Å². The Labute approximate surface area is 182 Å². The predicted octanol–water partition coefficient (Wildman–Crippen LogP) is 2.23. The van der Waals surface area contributed by atoms with Crippen molar-refractivity contribution < 1.29 is 14.5 Å². The van der Waals surface area contributed by atoms with Crippen LogP contribution in [0.3, 0.4) is 0 Å². The summed E-state index contributed by atoms with van der Waals surface area (Å²) in [5, 5.41) is 18.0. The molecule has 2 heterocycles. The minimum atomic E-state index is -0.740. The number of fused-ring (bicyclic) bond motifs is 1. The maximum absolute atomic E-state index is 13.2. The van der Waals surface area contributed by atoms with E-state index in [-0.39, 0.29) is 18.4 Å². The van der Waals surface area contributed by atoms with Crippen molar-refractivity contribution in [2.24, 2.45) is 17.6 Å². The van der Waals surface area contributed by atoms with Crippen LogP contribution in [0.15, 0.2) is 71.7 Å². The predicted molar refractivity (Wildman–Crippen MR) is 123 cm³/mol. The maximum atomic E-state index is 13.2. The maximum Gasteiger partial charge on any atom is 0.454 e. The molecule has 0 bridgehead atoms. The second kappa shape index (κ2) is 9.47. The highest BCUT2D eigenvalue weighted by atomic mass is 16.5. The van der Waals surface area contributed by atoms with Crippen molar-refractivity contribution in [1.82, 2.24) is 10.3 Å². The van der Waals surface area contributed by atoms with E-state index in [1.54, 1.807) is 12.4 Å². The smallest absolute Gasteiger partial charge is 0.427 e. The van der Waals surface area contributed by atoms with Gasteiger partial charge in [-0.25, -0.2) is 0 Å². The van der Waals surface area contributed by atoms with E-state index in [0.29, 0.717) is 19.3 Å². The Kier molecular flexibility index (Phi) is 6.51. The number of pyridine rings is 1. The third kappa shape index (κ3) is 4.87. The van der Waals surface area contributed by atoms with Crippen LogP contribution >= 0.6 is 0 Å². The lowest BCUT2D eigenvalue weighted by Crippen LogP contribution is -2.31. The fourth-order valence-corrected chi connectivity index (χ4v) is 4.09. The Balaban J connectivity index is 1.57. The fourth-order valence-electron chi connectivity index (χ4n) is 4.09. The molecule has 1 amide bonds. The number of carbonyl (C=O) groups excluding carboxylic acids is 1. The van der Waals surface area contributed by atoms with E-state index >= 15 is 0 Å². The zero-order valence-electron chi connectivity index (χ0n) is 17.5. The number of aromatic nitrogens is 1. The van der Waals surface area contributed by atoms with Gasteiger partial charge in [-0.2, -0.15) is 0 Å². The molecule has 8 heteroatoms. The van der Waals surface area contributed by atoms with Crippen molar-refractivity contribution in [2.75, 3.05) is 25.5 Å². The number of hydrogen-bond acceptors (Lipinski definition) is 6. The van der Waals surface area contributed by atoms with Crippen LogP contribution in [0.4, 0.5) is 5.69 Å². The van der Waals surface area contributed by atoms with E-state index < -0.39 is 13.0 Å². The van der Waals surface area contributed by atoms with E-state index in [0.717, 1.165) is 33.3 Å². The average Bonchev–Trinajstić information content (AvgIpc) is 3.10. The molecular formula is C23H27BN4O3. The Bertz CT molecular complexity index is 1070. The Hall–Kier alpha value is -2.94. The van der Waals surface area contributed by atoms with Gasteiger partial charge in [-0.3, -0.25) is 9.78 Å². The number of carbonyl (C=O) groups is 1. The van der Waals surface area contributed by atoms with Crippen LogP contribution in [0.25, 0.3) is 10.8 Å². The molecule has 1 saturated heterocycles. The molecule has 2 atom stereocenters. The van der Waals surface area contributed by atoms with Crippen molar-refractivity contribution in [3.63, 3.8) is 0 Å². The molecule has 2 aliphatic rings. The van der Waals surface area contributed by atoms with Crippen molar-refractivity contribution in [2.45, 2.75) is 12.7 Å². The van der Waals surface area contributed by atoms with Crippen molar-refractivity contribution in [3.8, 4) is 0 Å². The van der Waals surface area contributed by atoms with Crippen molar-refractivity contribution >= 4 is 29.5 Å². The number of hydrogen-bond donors (Lipinski definition) is 4. The van der Waals surface area contributed by atoms with Crippen LogP contribution in [0, 0.1) is 11.8 Å². The lowest BCUT2D eigenvalue weighted by atomic mass is 9.78. The van der Waals surface area contributed by atoms with Crippen LogP contribution < -0.4 is 16.4 Å². The summed E-state index contributed by atoms with van der Waals surface area (Å²) in [7, 11) is 1.13. The van der Waals surface area contributed by atoms with Gasteiger partial charge in [0.1, 0.15) is 0 Å². The summed E-state index contributed by atoms with van der Waals surface area (Å²) < 4.78 is 5.34. The highest BCUT2D eigenvalue weighted by Crippen LogP contribution is 2.32. The molecule has 1 aliphatic carbocycles. The molecule has 1 aromatic heterocycles. The van der Waals surface area contributed by atoms with E-state index in [2.05, 4.69) is 21.7 Å². The Morgan fingerprint density at radius 3 is 2.97 bits per heavy atom. The largest absolute Gasteiger partial charge is 0.454 e. The van der Waals surface area contributed by atoms with Gasteiger partial charge < -0.3 is 26.0 Å². The summed E-state index contributed by atoms with van der Waals surface area (Å²) >= 11 is 0. The fraction of sp³-hybridized carbons (Fsp3) is 0.304. The zero-order chi connectivity index (χ0) is 21.8. The third-order valence-corrected chi connectivity index (χ3v) is 5.90. The number of allylic oxidation sites excluding steroid dienone is 4. The van der Waals surface area contributed by atoms with Crippen LogP contribution in [0.5, 0.6) is 0 Å². The quantitative estimate of drug-likeness (QED) is 0.536. The number of rotatable bonds is 6. The molecule has 1 fully saturated rings. The summed E-state index contributed by atoms with van der Waals surface area (Å²) in [4.78, 5) is 17.3. The average molecular weight is 418 g/mol. The molecule has 1 aliphatic heterocycles. The van der Waals surface area contributed by atoms with Gasteiger partial charge in [-0.05, 0) is 41.6 Å². The van der Waals surface area contributed by atoms with Gasteiger partial charge in [0.2, 0.25) is 5.91 Å². The number of benzene rings is 1. The SMILES string of the molecule is CNC1=CC=C(C2COB(O)C2)C=C(C(CN)C(=O)Nc2ccc3cnccc3c2)C1. The molecule has 0 saturated carbocycles. The van der Waals surface area contributed by atoms with Crippen molar-refractivity contribution in [1.29, 1.82) is 0 Å². The normalized spacial score (nSPS) is 19.9. The number of nitrogens with one attached hydrogen (secondary N) is 2. The van der Waals surface area contributed by atoms with Crippen LogP contribution in [0.1, 0.15) is 6.42 Å². The van der Waals surface area contributed by atoms with Crippen molar-refractivity contribution in [3.05, 3.63) is 71.7 Å². The van der Waals surface area contributed by atoms with Crippen LogP contribution in [-0.2, 0) is 9.45 Å². The molecule has 0 radical (unpaired) electrons. The van der Waals surface area contributed by atoms with Crippen LogP contribution in [0.2, 0.25) is 6.32 Å². The van der Waals surface area contributed by atoms with Gasteiger partial charge in [-0.15, -0.1) is 0 Å². The number of amides is 1. The summed E-state index contributed by atoms with van der Waals surface area (Å²) in [5.41, 5.74) is 9.79. The molecule has 5 N–H and O–H groups in total. The molecule has 160 valence electrons. The van der Waals surface area contributed by atoms with E-state index in [1.807, 2.05) is 43.5 Å². The minimum absolute atomic E-state index is 0.0908. The summed E-state index contributed by atoms with van der Waals surface area (Å²) in [6, 6.07) is 7.66. The third-order valence-electron chi connectivity index (χ3n) is 5.90. The van der Waals surface area contributed by atoms with E-state index in [9.17, 15) is 9.82 Å². The highest BCUT2D eigenvalue weighted by Gasteiger charge is 2.32. The number of nitrogens with zero attached hydrogens (tertiary/aromatic N) is 1. The lowest BCUT2D eigenvalue weighted by molar-refractivity contribution is -0.118. The summed E-state index contributed by atoms with van der Waals surface area (Å²) in [6.45, 7) is 0.661. The molecule has 0 spiro atoms. The first-order valence-electron chi connectivity index (χ1n) is 10.5. The van der Waals surface area contributed by atoms with Gasteiger partial charge in [0.05, 0.1) is 5.92 Å². The van der Waals surface area contributed by atoms with Gasteiger partial charge in [-0.1, -0.05) is 23.8 Å². The first-order valence-corrected chi connectivity index (χ1v) is 10.5. The van der Waals surface area contributed by atoms with Crippen LogP contribution in [-0.4, -0.2) is 43.2 Å². The first kappa shape index (κ1) is 21.3. The molecular weight excluding hydrogens is 391 g/mol. The minimum Gasteiger partial charge on any atom is -0.427 e. The monoisotopic (exact) mass is 418 g/mol. The van der Waals surface area contributed by atoms with E-state index in [1.165, 1.54) is 0 Å². The molecule has 4 rings (SSSR count). The molecule has 31 heavy (non-hydrogen) atoms. The Morgan fingerprint density at radius 1 is 1.35 bits per heavy atom. The number of nitrogens with two attached hydrogens (primary N) is 1. The standard InChI is InChI=1S/C23H27BN4O3/c1-26-20-4-2-15(19-11-24(30)31-14-19)8-18(10-20)22(12-25)23(29)28-21-5-3-17-13-27-7-6-16(17)9-21/h2-9,13,19,22,26,30H,10-12,14,25H2,1H3,(H,28,29). The van der Waals surface area contributed by atoms with E-state index in [4.69, 9.17) is 10.4 Å². The molecule has 2 aromatic rings. The van der Waals surface area contributed by atoms with Gasteiger partial charge in [0.15, 0.2) is 0 Å². The highest BCUT2D eigenvalue weighted by molar-refractivity contribution is 6.43. The topological polar surface area (TPSA) is 109 Å². The van der Waals surface area contributed by atoms with Gasteiger partial charge in [0.25, 0.3) is 0 Å². The summed E-state index contributed by atoms with van der Waals surface area (Å²) in [6.07, 6.45) is 10.8.